The molecule has 22 heavy (non-hydrogen) atoms. The predicted molar refractivity (Wildman–Crippen MR) is 77.0 cm³/mol. The van der Waals surface area contributed by atoms with Gasteiger partial charge in [-0.3, -0.25) is 4.79 Å². The molecule has 2 aromatic carbocycles. The molecule has 1 N–H and O–H groups in total. The number of nitrogens with one attached hydrogen (secondary N) is 1. The molecule has 3 nitrogen and oxygen atoms in total. The number of aryl methyl sites for hydroxylation is 2. The molecule has 0 radical (unpaired) electrons. The van der Waals surface area contributed by atoms with Gasteiger partial charge in [-0.15, -0.1) is 13.2 Å². The molecule has 0 aliphatic rings. The molecule has 0 aromatic heterocycles. The van der Waals surface area contributed by atoms with Gasteiger partial charge in [0, 0.05) is 11.3 Å². The van der Waals surface area contributed by atoms with Crippen molar-refractivity contribution >= 4 is 11.6 Å². The second-order valence-electron chi connectivity index (χ2n) is 4.84. The van der Waals surface area contributed by atoms with E-state index < -0.39 is 6.36 Å². The fourth-order valence-corrected chi connectivity index (χ4v) is 2.01. The molecule has 0 aliphatic heterocycles. The van der Waals surface area contributed by atoms with E-state index in [1.807, 2.05) is 26.0 Å². The zero-order valence-corrected chi connectivity index (χ0v) is 12.0. The Morgan fingerprint density at radius 3 is 2.23 bits per heavy atom. The Kier molecular flexibility index (Phi) is 4.40. The fourth-order valence-electron chi connectivity index (χ4n) is 2.01. The summed E-state index contributed by atoms with van der Waals surface area (Å²) < 4.78 is 39.9. The van der Waals surface area contributed by atoms with Gasteiger partial charge in [0.2, 0.25) is 0 Å². The molecule has 0 saturated carbocycles. The van der Waals surface area contributed by atoms with E-state index in [-0.39, 0.29) is 11.7 Å². The highest BCUT2D eigenvalue weighted by Crippen LogP contribution is 2.24. The van der Waals surface area contributed by atoms with Crippen LogP contribution in [0.5, 0.6) is 5.75 Å². The third kappa shape index (κ3) is 4.25. The number of amides is 1. The molecule has 6 heteroatoms. The number of benzene rings is 2. The second-order valence-corrected chi connectivity index (χ2v) is 4.84. The van der Waals surface area contributed by atoms with Crippen molar-refractivity contribution in [1.82, 2.24) is 0 Å². The van der Waals surface area contributed by atoms with Crippen LogP contribution in [0.25, 0.3) is 0 Å². The summed E-state index contributed by atoms with van der Waals surface area (Å²) in [6.07, 6.45) is -4.73. The Bertz CT molecular complexity index is 679. The number of hydrogen-bond donors (Lipinski definition) is 1. The Hall–Kier alpha value is -2.50. The van der Waals surface area contributed by atoms with E-state index >= 15 is 0 Å². The van der Waals surface area contributed by atoms with E-state index in [1.54, 1.807) is 6.07 Å². The van der Waals surface area contributed by atoms with Crippen molar-refractivity contribution in [2.45, 2.75) is 20.2 Å². The van der Waals surface area contributed by atoms with Gasteiger partial charge in [-0.2, -0.15) is 0 Å². The number of carbonyl (C=O) groups is 1. The molecule has 0 saturated heterocycles. The zero-order valence-electron chi connectivity index (χ0n) is 12.0. The number of alkyl halides is 3. The highest BCUT2D eigenvalue weighted by molar-refractivity contribution is 6.05. The summed E-state index contributed by atoms with van der Waals surface area (Å²) in [6.45, 7) is 3.75. The minimum absolute atomic E-state index is 0.318. The van der Waals surface area contributed by atoms with E-state index in [1.165, 1.54) is 12.1 Å². The summed E-state index contributed by atoms with van der Waals surface area (Å²) in [7, 11) is 0. The van der Waals surface area contributed by atoms with Crippen LogP contribution < -0.4 is 10.1 Å². The highest BCUT2D eigenvalue weighted by atomic mass is 19.4. The van der Waals surface area contributed by atoms with Gasteiger partial charge in [0.15, 0.2) is 0 Å². The molecule has 116 valence electrons. The first-order valence-electron chi connectivity index (χ1n) is 6.49. The summed E-state index contributed by atoms with van der Waals surface area (Å²) >= 11 is 0. The fraction of sp³-hybridized carbons (Fsp3) is 0.188. The zero-order chi connectivity index (χ0) is 16.3. The molecule has 2 aromatic rings. The molecular formula is C16H14F3NO2. The quantitative estimate of drug-likeness (QED) is 0.909. The normalized spacial score (nSPS) is 11.1. The molecule has 0 aliphatic carbocycles. The Balaban J connectivity index is 2.09. The minimum Gasteiger partial charge on any atom is -0.406 e. The number of anilines is 1. The highest BCUT2D eigenvalue weighted by Gasteiger charge is 2.30. The van der Waals surface area contributed by atoms with Crippen molar-refractivity contribution in [2.24, 2.45) is 0 Å². The van der Waals surface area contributed by atoms with Crippen LogP contribution in [-0.2, 0) is 0 Å². The van der Waals surface area contributed by atoms with Gasteiger partial charge >= 0.3 is 6.36 Å². The summed E-state index contributed by atoms with van der Waals surface area (Å²) in [5.41, 5.74) is 2.78. The van der Waals surface area contributed by atoms with Gasteiger partial charge < -0.3 is 10.1 Å². The molecule has 0 atom stereocenters. The van der Waals surface area contributed by atoms with E-state index in [2.05, 4.69) is 10.1 Å². The average molecular weight is 309 g/mol. The van der Waals surface area contributed by atoms with Crippen LogP contribution in [0.15, 0.2) is 42.5 Å². The number of rotatable bonds is 3. The van der Waals surface area contributed by atoms with Crippen LogP contribution >= 0.6 is 0 Å². The molecule has 1 amide bonds. The third-order valence-electron chi connectivity index (χ3n) is 2.97. The van der Waals surface area contributed by atoms with Crippen molar-refractivity contribution < 1.29 is 22.7 Å². The van der Waals surface area contributed by atoms with Gasteiger partial charge in [-0.25, -0.2) is 0 Å². The van der Waals surface area contributed by atoms with Gasteiger partial charge in [-0.05, 0) is 49.7 Å². The minimum atomic E-state index is -4.73. The molecule has 0 unspecified atom stereocenters. The Morgan fingerprint density at radius 2 is 1.68 bits per heavy atom. The maximum Gasteiger partial charge on any atom is 0.573 e. The maximum atomic E-state index is 12.1. The SMILES string of the molecule is Cc1ccc(C(=O)Nc2ccc(OC(F)(F)F)cc2)c(C)c1. The lowest BCUT2D eigenvalue weighted by molar-refractivity contribution is -0.274. The van der Waals surface area contributed by atoms with E-state index in [0.717, 1.165) is 23.3 Å². The summed E-state index contributed by atoms with van der Waals surface area (Å²) in [5, 5.41) is 2.63. The van der Waals surface area contributed by atoms with Crippen molar-refractivity contribution in [2.75, 3.05) is 5.32 Å². The summed E-state index contributed by atoms with van der Waals surface area (Å²) in [4.78, 5) is 12.1. The van der Waals surface area contributed by atoms with Gasteiger partial charge in [0.1, 0.15) is 5.75 Å². The van der Waals surface area contributed by atoms with Crippen LogP contribution in [-0.4, -0.2) is 12.3 Å². The van der Waals surface area contributed by atoms with E-state index in [9.17, 15) is 18.0 Å². The second kappa shape index (κ2) is 6.09. The Morgan fingerprint density at radius 1 is 1.05 bits per heavy atom. The van der Waals surface area contributed by atoms with Crippen LogP contribution in [0.1, 0.15) is 21.5 Å². The van der Waals surface area contributed by atoms with Gasteiger partial charge in [-0.1, -0.05) is 17.7 Å². The average Bonchev–Trinajstić information content (AvgIpc) is 2.39. The van der Waals surface area contributed by atoms with Crippen LogP contribution in [0, 0.1) is 13.8 Å². The topological polar surface area (TPSA) is 38.3 Å². The van der Waals surface area contributed by atoms with E-state index in [0.29, 0.717) is 11.3 Å². The molecule has 0 spiro atoms. The predicted octanol–water partition coefficient (Wildman–Crippen LogP) is 4.45. The molecular weight excluding hydrogens is 295 g/mol. The largest absolute Gasteiger partial charge is 0.573 e. The molecule has 2 rings (SSSR count). The van der Waals surface area contributed by atoms with Gasteiger partial charge in [0.25, 0.3) is 5.91 Å². The Labute approximate surface area is 125 Å². The van der Waals surface area contributed by atoms with E-state index in [4.69, 9.17) is 0 Å². The van der Waals surface area contributed by atoms with Crippen molar-refractivity contribution in [3.05, 3.63) is 59.2 Å². The first-order valence-corrected chi connectivity index (χ1v) is 6.49. The molecule has 0 heterocycles. The lowest BCUT2D eigenvalue weighted by Gasteiger charge is -2.11. The maximum absolute atomic E-state index is 12.1. The lowest BCUT2D eigenvalue weighted by atomic mass is 10.1. The number of halogens is 3. The lowest BCUT2D eigenvalue weighted by Crippen LogP contribution is -2.17. The van der Waals surface area contributed by atoms with Crippen LogP contribution in [0.4, 0.5) is 18.9 Å². The van der Waals surface area contributed by atoms with Crippen molar-refractivity contribution in [3.8, 4) is 5.75 Å². The van der Waals surface area contributed by atoms with Crippen molar-refractivity contribution in [1.29, 1.82) is 0 Å². The number of carbonyl (C=O) groups excluding carboxylic acids is 1. The number of ether oxygens (including phenoxy) is 1. The van der Waals surface area contributed by atoms with Gasteiger partial charge in [0.05, 0.1) is 0 Å². The van der Waals surface area contributed by atoms with Crippen LogP contribution in [0.3, 0.4) is 0 Å². The molecule has 0 bridgehead atoms. The van der Waals surface area contributed by atoms with Crippen molar-refractivity contribution in [3.63, 3.8) is 0 Å². The summed E-state index contributed by atoms with van der Waals surface area (Å²) in [6, 6.07) is 10.4. The van der Waals surface area contributed by atoms with Crippen LogP contribution in [0.2, 0.25) is 0 Å². The standard InChI is InChI=1S/C16H14F3NO2/c1-10-3-8-14(11(2)9-10)15(21)20-12-4-6-13(7-5-12)22-16(17,18)19/h3-9H,1-2H3,(H,20,21). The molecule has 0 fully saturated rings. The number of hydrogen-bond acceptors (Lipinski definition) is 2. The first kappa shape index (κ1) is 15.9. The summed E-state index contributed by atoms with van der Waals surface area (Å²) in [5.74, 6) is -0.654. The first-order chi connectivity index (χ1) is 10.2. The monoisotopic (exact) mass is 309 g/mol. The smallest absolute Gasteiger partial charge is 0.406 e. The third-order valence-corrected chi connectivity index (χ3v) is 2.97.